The van der Waals surface area contributed by atoms with Gasteiger partial charge in [0.15, 0.2) is 0 Å². The maximum Gasteiger partial charge on any atom is 0.236 e. The van der Waals surface area contributed by atoms with Gasteiger partial charge in [-0.15, -0.1) is 12.4 Å². The van der Waals surface area contributed by atoms with Gasteiger partial charge in [-0.1, -0.05) is 30.1 Å². The molecule has 0 bridgehead atoms. The van der Waals surface area contributed by atoms with Gasteiger partial charge in [0.1, 0.15) is 0 Å². The van der Waals surface area contributed by atoms with Crippen LogP contribution in [0.15, 0.2) is 18.2 Å². The molecule has 1 saturated heterocycles. The first-order valence-corrected chi connectivity index (χ1v) is 8.18. The van der Waals surface area contributed by atoms with Crippen LogP contribution in [0.3, 0.4) is 0 Å². The van der Waals surface area contributed by atoms with Gasteiger partial charge in [0.25, 0.3) is 0 Å². The molecule has 2 rings (SSSR count). The van der Waals surface area contributed by atoms with Crippen molar-refractivity contribution in [2.45, 2.75) is 19.9 Å². The van der Waals surface area contributed by atoms with Crippen molar-refractivity contribution in [3.05, 3.63) is 33.8 Å². The van der Waals surface area contributed by atoms with Crippen LogP contribution in [-0.2, 0) is 11.3 Å². The maximum absolute atomic E-state index is 12.4. The SMILES string of the molecule is CN(Cc1cc(Cl)cc(Cl)c1)C(=O)CN1CCC(C)(CN)C1.Cl. The lowest BCUT2D eigenvalue weighted by atomic mass is 9.90. The Hall–Kier alpha value is -0.520. The van der Waals surface area contributed by atoms with E-state index in [0.29, 0.717) is 29.7 Å². The summed E-state index contributed by atoms with van der Waals surface area (Å²) >= 11 is 12.0. The predicted molar refractivity (Wildman–Crippen MR) is 98.4 cm³/mol. The average Bonchev–Trinajstić information content (AvgIpc) is 2.79. The molecule has 0 saturated carbocycles. The van der Waals surface area contributed by atoms with Gasteiger partial charge >= 0.3 is 0 Å². The van der Waals surface area contributed by atoms with Crippen molar-refractivity contribution < 1.29 is 4.79 Å². The Bertz CT molecular complexity index is 535. The second kappa shape index (κ2) is 8.54. The molecule has 4 nitrogen and oxygen atoms in total. The minimum atomic E-state index is 0. The third-order valence-electron chi connectivity index (χ3n) is 4.26. The number of amides is 1. The molecule has 1 aliphatic heterocycles. The Kier molecular flexibility index (Phi) is 7.62. The molecule has 1 aliphatic rings. The summed E-state index contributed by atoms with van der Waals surface area (Å²) in [4.78, 5) is 16.2. The first kappa shape index (κ1) is 20.5. The van der Waals surface area contributed by atoms with Gasteiger partial charge in [0, 0.05) is 30.2 Å². The van der Waals surface area contributed by atoms with Crippen LogP contribution >= 0.6 is 35.6 Å². The zero-order valence-electron chi connectivity index (χ0n) is 13.5. The zero-order valence-corrected chi connectivity index (χ0v) is 15.8. The number of benzene rings is 1. The first-order chi connectivity index (χ1) is 10.3. The number of rotatable bonds is 5. The molecule has 1 unspecified atom stereocenters. The van der Waals surface area contributed by atoms with E-state index in [0.717, 1.165) is 25.1 Å². The van der Waals surface area contributed by atoms with E-state index in [-0.39, 0.29) is 23.7 Å². The van der Waals surface area contributed by atoms with Crippen molar-refractivity contribution >= 4 is 41.5 Å². The number of hydrogen-bond donors (Lipinski definition) is 1. The van der Waals surface area contributed by atoms with Crippen molar-refractivity contribution in [1.82, 2.24) is 9.80 Å². The van der Waals surface area contributed by atoms with E-state index in [1.165, 1.54) is 0 Å². The van der Waals surface area contributed by atoms with E-state index < -0.39 is 0 Å². The second-order valence-electron chi connectivity index (χ2n) is 6.50. The van der Waals surface area contributed by atoms with Crippen LogP contribution in [0.1, 0.15) is 18.9 Å². The number of halogens is 3. The van der Waals surface area contributed by atoms with Crippen molar-refractivity contribution in [1.29, 1.82) is 0 Å². The number of nitrogens with two attached hydrogens (primary N) is 1. The monoisotopic (exact) mass is 379 g/mol. The van der Waals surface area contributed by atoms with Crippen molar-refractivity contribution in [2.24, 2.45) is 11.1 Å². The van der Waals surface area contributed by atoms with Crippen LogP contribution < -0.4 is 5.73 Å². The molecule has 0 radical (unpaired) electrons. The summed E-state index contributed by atoms with van der Waals surface area (Å²) < 4.78 is 0. The minimum absolute atomic E-state index is 0. The van der Waals surface area contributed by atoms with Crippen molar-refractivity contribution in [3.8, 4) is 0 Å². The van der Waals surface area contributed by atoms with Gasteiger partial charge in [-0.25, -0.2) is 0 Å². The highest BCUT2D eigenvalue weighted by Crippen LogP contribution is 2.28. The number of likely N-dealkylation sites (tertiary alicyclic amines) is 1. The first-order valence-electron chi connectivity index (χ1n) is 7.43. The number of likely N-dealkylation sites (N-methyl/N-ethyl adjacent to an activating group) is 1. The minimum Gasteiger partial charge on any atom is -0.340 e. The Morgan fingerprint density at radius 3 is 2.48 bits per heavy atom. The standard InChI is InChI=1S/C16H23Cl2N3O.ClH/c1-16(10-19)3-4-21(11-16)9-15(22)20(2)8-12-5-13(17)7-14(18)6-12;/h5-7H,3-4,8-11,19H2,1-2H3;1H. The molecule has 0 aromatic heterocycles. The van der Waals surface area contributed by atoms with Crippen LogP contribution in [0, 0.1) is 5.41 Å². The van der Waals surface area contributed by atoms with Crippen molar-refractivity contribution in [3.63, 3.8) is 0 Å². The van der Waals surface area contributed by atoms with Gasteiger partial charge in [0.05, 0.1) is 6.54 Å². The summed E-state index contributed by atoms with van der Waals surface area (Å²) in [5, 5.41) is 1.17. The molecule has 1 aromatic carbocycles. The molecule has 23 heavy (non-hydrogen) atoms. The zero-order chi connectivity index (χ0) is 16.3. The molecule has 1 heterocycles. The summed E-state index contributed by atoms with van der Waals surface area (Å²) in [5.74, 6) is 0.0948. The third kappa shape index (κ3) is 5.80. The fraction of sp³-hybridized carbons (Fsp3) is 0.562. The number of carbonyl (C=O) groups excluding carboxylic acids is 1. The summed E-state index contributed by atoms with van der Waals surface area (Å²) in [6, 6.07) is 5.35. The summed E-state index contributed by atoms with van der Waals surface area (Å²) in [7, 11) is 1.80. The Labute approximate surface area is 154 Å². The van der Waals surface area contributed by atoms with Crippen molar-refractivity contribution in [2.75, 3.05) is 33.2 Å². The molecule has 130 valence electrons. The van der Waals surface area contributed by atoms with E-state index >= 15 is 0 Å². The molecule has 1 atom stereocenters. The average molecular weight is 381 g/mol. The molecule has 1 amide bonds. The Morgan fingerprint density at radius 1 is 1.35 bits per heavy atom. The van der Waals surface area contributed by atoms with Gasteiger partial charge in [-0.3, -0.25) is 9.69 Å². The van der Waals surface area contributed by atoms with Gasteiger partial charge in [-0.05, 0) is 48.7 Å². The summed E-state index contributed by atoms with van der Waals surface area (Å²) in [5.41, 5.74) is 6.87. The second-order valence-corrected chi connectivity index (χ2v) is 7.38. The van der Waals surface area contributed by atoms with Crippen LogP contribution in [0.2, 0.25) is 10.0 Å². The lowest BCUT2D eigenvalue weighted by Crippen LogP contribution is -2.39. The van der Waals surface area contributed by atoms with E-state index in [1.54, 1.807) is 18.0 Å². The third-order valence-corrected chi connectivity index (χ3v) is 4.69. The normalized spacial score (nSPS) is 21.1. The summed E-state index contributed by atoms with van der Waals surface area (Å²) in [6.45, 7) is 5.58. The molecule has 2 N–H and O–H groups in total. The molecule has 1 aromatic rings. The largest absolute Gasteiger partial charge is 0.340 e. The number of carbonyl (C=O) groups is 1. The highest BCUT2D eigenvalue weighted by atomic mass is 35.5. The summed E-state index contributed by atoms with van der Waals surface area (Å²) in [6.07, 6.45) is 1.05. The molecule has 7 heteroatoms. The van der Waals surface area contributed by atoms with Crippen LogP contribution in [0.5, 0.6) is 0 Å². The van der Waals surface area contributed by atoms with Crippen LogP contribution in [0.4, 0.5) is 0 Å². The van der Waals surface area contributed by atoms with E-state index in [9.17, 15) is 4.79 Å². The fourth-order valence-corrected chi connectivity index (χ4v) is 3.38. The van der Waals surface area contributed by atoms with E-state index in [1.807, 2.05) is 12.1 Å². The highest BCUT2D eigenvalue weighted by molar-refractivity contribution is 6.34. The van der Waals surface area contributed by atoms with Gasteiger partial charge in [0.2, 0.25) is 5.91 Å². The van der Waals surface area contributed by atoms with Gasteiger partial charge in [-0.2, -0.15) is 0 Å². The molecule has 0 spiro atoms. The number of hydrogen-bond acceptors (Lipinski definition) is 3. The predicted octanol–water partition coefficient (Wildman–Crippen LogP) is 3.04. The van der Waals surface area contributed by atoms with Crippen LogP contribution in [0.25, 0.3) is 0 Å². The van der Waals surface area contributed by atoms with Gasteiger partial charge < -0.3 is 10.6 Å². The lowest BCUT2D eigenvalue weighted by molar-refractivity contribution is -0.131. The quantitative estimate of drug-likeness (QED) is 0.854. The molecular weight excluding hydrogens is 357 g/mol. The Balaban J connectivity index is 0.00000264. The Morgan fingerprint density at radius 2 is 1.96 bits per heavy atom. The number of nitrogens with zero attached hydrogens (tertiary/aromatic N) is 2. The molecular formula is C16H24Cl3N3O. The topological polar surface area (TPSA) is 49.6 Å². The molecule has 0 aliphatic carbocycles. The smallest absolute Gasteiger partial charge is 0.236 e. The van der Waals surface area contributed by atoms with Crippen LogP contribution in [-0.4, -0.2) is 48.9 Å². The lowest BCUT2D eigenvalue weighted by Gasteiger charge is -2.24. The van der Waals surface area contributed by atoms with E-state index in [4.69, 9.17) is 28.9 Å². The van der Waals surface area contributed by atoms with E-state index in [2.05, 4.69) is 11.8 Å². The maximum atomic E-state index is 12.4. The fourth-order valence-electron chi connectivity index (χ4n) is 2.80. The highest BCUT2D eigenvalue weighted by Gasteiger charge is 2.33. The molecule has 1 fully saturated rings.